The van der Waals surface area contributed by atoms with Crippen LogP contribution >= 0.6 is 15.9 Å². The Morgan fingerprint density at radius 2 is 2.00 bits per heavy atom. The summed E-state index contributed by atoms with van der Waals surface area (Å²) >= 11 is 3.47. The molecular weight excluding hydrogens is 318 g/mol. The third-order valence-corrected chi connectivity index (χ3v) is 3.52. The second-order valence-electron chi connectivity index (χ2n) is 5.98. The molecule has 0 saturated heterocycles. The molecule has 0 aliphatic rings. The van der Waals surface area contributed by atoms with Gasteiger partial charge in [-0.05, 0) is 28.9 Å². The second-order valence-corrected chi connectivity index (χ2v) is 6.79. The number of nitrogens with zero attached hydrogens (tertiary/aromatic N) is 3. The Bertz CT molecular complexity index is 601. The first kappa shape index (κ1) is 15.0. The van der Waals surface area contributed by atoms with Gasteiger partial charge in [-0.15, -0.1) is 0 Å². The van der Waals surface area contributed by atoms with Crippen LogP contribution in [0.1, 0.15) is 37.9 Å². The third-order valence-electron chi connectivity index (χ3n) is 3.12. The molecular formula is C15H20BrN3O. The molecule has 0 aliphatic heterocycles. The van der Waals surface area contributed by atoms with Gasteiger partial charge in [0.25, 0.3) is 0 Å². The van der Waals surface area contributed by atoms with Crippen molar-refractivity contribution in [1.82, 2.24) is 9.97 Å². The lowest BCUT2D eigenvalue weighted by Crippen LogP contribution is -2.22. The molecule has 0 bridgehead atoms. The molecule has 0 spiro atoms. The van der Waals surface area contributed by atoms with Crippen LogP contribution in [-0.4, -0.2) is 17.0 Å². The minimum absolute atomic E-state index is 0.0784. The van der Waals surface area contributed by atoms with Crippen molar-refractivity contribution >= 4 is 21.7 Å². The molecule has 108 valence electrons. The molecule has 0 saturated carbocycles. The maximum absolute atomic E-state index is 5.33. The molecule has 0 fully saturated rings. The lowest BCUT2D eigenvalue weighted by atomic mass is 9.96. The van der Waals surface area contributed by atoms with Crippen LogP contribution in [0.15, 0.2) is 27.4 Å². The fourth-order valence-corrected chi connectivity index (χ4v) is 2.22. The molecule has 0 aliphatic carbocycles. The summed E-state index contributed by atoms with van der Waals surface area (Å²) in [5.74, 6) is 2.68. The normalized spacial score (nSPS) is 11.7. The van der Waals surface area contributed by atoms with E-state index in [0.717, 1.165) is 28.6 Å². The first-order chi connectivity index (χ1) is 9.27. The molecule has 0 amide bonds. The molecule has 0 unspecified atom stereocenters. The number of hydrogen-bond acceptors (Lipinski definition) is 4. The van der Waals surface area contributed by atoms with Crippen LogP contribution in [0.2, 0.25) is 0 Å². The SMILES string of the molecule is Cc1occc1CN(C)c1cc(Br)nc(C(C)(C)C)n1. The van der Waals surface area contributed by atoms with Crippen molar-refractivity contribution < 1.29 is 4.42 Å². The second kappa shape index (κ2) is 5.56. The number of furan rings is 1. The Morgan fingerprint density at radius 1 is 1.30 bits per heavy atom. The fourth-order valence-electron chi connectivity index (χ4n) is 1.85. The molecule has 2 heterocycles. The zero-order chi connectivity index (χ0) is 14.9. The zero-order valence-electron chi connectivity index (χ0n) is 12.6. The molecule has 0 N–H and O–H groups in total. The standard InChI is InChI=1S/C15H20BrN3O/c1-10-11(6-7-20-10)9-19(5)13-8-12(16)17-14(18-13)15(2,3)4/h6-8H,9H2,1-5H3. The van der Waals surface area contributed by atoms with Crippen LogP contribution < -0.4 is 4.90 Å². The largest absolute Gasteiger partial charge is 0.469 e. The zero-order valence-corrected chi connectivity index (χ0v) is 14.2. The van der Waals surface area contributed by atoms with Crippen LogP contribution in [0.25, 0.3) is 0 Å². The highest BCUT2D eigenvalue weighted by Gasteiger charge is 2.20. The van der Waals surface area contributed by atoms with Gasteiger partial charge in [0.2, 0.25) is 0 Å². The summed E-state index contributed by atoms with van der Waals surface area (Å²) in [7, 11) is 2.02. The summed E-state index contributed by atoms with van der Waals surface area (Å²) in [5, 5.41) is 0. The molecule has 2 aromatic rings. The molecule has 0 aromatic carbocycles. The van der Waals surface area contributed by atoms with Gasteiger partial charge in [0.15, 0.2) is 0 Å². The Hall–Kier alpha value is -1.36. The Morgan fingerprint density at radius 3 is 2.55 bits per heavy atom. The molecule has 2 rings (SSSR count). The van der Waals surface area contributed by atoms with Gasteiger partial charge in [-0.3, -0.25) is 0 Å². The van der Waals surface area contributed by atoms with Crippen LogP contribution in [0.5, 0.6) is 0 Å². The topological polar surface area (TPSA) is 42.2 Å². The van der Waals surface area contributed by atoms with Gasteiger partial charge in [0.05, 0.1) is 6.26 Å². The van der Waals surface area contributed by atoms with Crippen molar-refractivity contribution in [3.63, 3.8) is 0 Å². The van der Waals surface area contributed by atoms with Gasteiger partial charge in [-0.25, -0.2) is 9.97 Å². The van der Waals surface area contributed by atoms with Gasteiger partial charge in [0, 0.05) is 30.6 Å². The summed E-state index contributed by atoms with van der Waals surface area (Å²) < 4.78 is 6.14. The Labute approximate surface area is 128 Å². The summed E-state index contributed by atoms with van der Waals surface area (Å²) in [5.41, 5.74) is 1.09. The summed E-state index contributed by atoms with van der Waals surface area (Å²) in [6, 6.07) is 3.93. The van der Waals surface area contributed by atoms with E-state index >= 15 is 0 Å². The minimum Gasteiger partial charge on any atom is -0.469 e. The maximum Gasteiger partial charge on any atom is 0.137 e. The third kappa shape index (κ3) is 3.39. The van der Waals surface area contributed by atoms with Crippen LogP contribution in [0.4, 0.5) is 5.82 Å². The van der Waals surface area contributed by atoms with E-state index in [1.54, 1.807) is 6.26 Å². The highest BCUT2D eigenvalue weighted by molar-refractivity contribution is 9.10. The lowest BCUT2D eigenvalue weighted by Gasteiger charge is -2.22. The van der Waals surface area contributed by atoms with E-state index in [1.165, 1.54) is 5.56 Å². The van der Waals surface area contributed by atoms with Crippen molar-refractivity contribution in [2.45, 2.75) is 39.7 Å². The van der Waals surface area contributed by atoms with E-state index in [9.17, 15) is 0 Å². The lowest BCUT2D eigenvalue weighted by molar-refractivity contribution is 0.529. The highest BCUT2D eigenvalue weighted by atomic mass is 79.9. The van der Waals surface area contributed by atoms with Crippen LogP contribution in [0, 0.1) is 6.92 Å². The van der Waals surface area contributed by atoms with Crippen molar-refractivity contribution in [1.29, 1.82) is 0 Å². The van der Waals surface area contributed by atoms with Crippen LogP contribution in [0.3, 0.4) is 0 Å². The van der Waals surface area contributed by atoms with Crippen molar-refractivity contribution in [2.24, 2.45) is 0 Å². The molecule has 0 atom stereocenters. The predicted octanol–water partition coefficient (Wildman–Crippen LogP) is 4.07. The molecule has 4 nitrogen and oxygen atoms in total. The number of aryl methyl sites for hydroxylation is 1. The van der Waals surface area contributed by atoms with E-state index in [0.29, 0.717) is 0 Å². The van der Waals surface area contributed by atoms with E-state index in [-0.39, 0.29) is 5.41 Å². The molecule has 20 heavy (non-hydrogen) atoms. The number of hydrogen-bond donors (Lipinski definition) is 0. The smallest absolute Gasteiger partial charge is 0.137 e. The van der Waals surface area contributed by atoms with Crippen molar-refractivity contribution in [3.8, 4) is 0 Å². The van der Waals surface area contributed by atoms with Crippen molar-refractivity contribution in [2.75, 3.05) is 11.9 Å². The molecule has 0 radical (unpaired) electrons. The predicted molar refractivity (Wildman–Crippen MR) is 84.0 cm³/mol. The van der Waals surface area contributed by atoms with Gasteiger partial charge < -0.3 is 9.32 Å². The first-order valence-corrected chi connectivity index (χ1v) is 7.36. The van der Waals surface area contributed by atoms with Gasteiger partial charge in [-0.2, -0.15) is 0 Å². The molecule has 2 aromatic heterocycles. The quantitative estimate of drug-likeness (QED) is 0.791. The van der Waals surface area contributed by atoms with Gasteiger partial charge in [0.1, 0.15) is 22.0 Å². The van der Waals surface area contributed by atoms with Crippen LogP contribution in [-0.2, 0) is 12.0 Å². The Balaban J connectivity index is 2.28. The molecule has 5 heteroatoms. The highest BCUT2D eigenvalue weighted by Crippen LogP contribution is 2.25. The minimum atomic E-state index is -0.0784. The van der Waals surface area contributed by atoms with E-state index < -0.39 is 0 Å². The summed E-state index contributed by atoms with van der Waals surface area (Å²) in [4.78, 5) is 11.2. The number of halogens is 1. The van der Waals surface area contributed by atoms with Gasteiger partial charge >= 0.3 is 0 Å². The number of aromatic nitrogens is 2. The monoisotopic (exact) mass is 337 g/mol. The van der Waals surface area contributed by atoms with E-state index in [1.807, 2.05) is 26.1 Å². The average Bonchev–Trinajstić information content (AvgIpc) is 2.73. The first-order valence-electron chi connectivity index (χ1n) is 6.56. The summed E-state index contributed by atoms with van der Waals surface area (Å²) in [6.45, 7) is 9.06. The Kier molecular flexibility index (Phi) is 4.18. The van der Waals surface area contributed by atoms with Gasteiger partial charge in [-0.1, -0.05) is 20.8 Å². The average molecular weight is 338 g/mol. The van der Waals surface area contributed by atoms with E-state index in [4.69, 9.17) is 4.42 Å². The summed E-state index contributed by atoms with van der Waals surface area (Å²) in [6.07, 6.45) is 1.72. The van der Waals surface area contributed by atoms with Crippen molar-refractivity contribution in [3.05, 3.63) is 40.1 Å². The fraction of sp³-hybridized carbons (Fsp3) is 0.467. The maximum atomic E-state index is 5.33. The number of anilines is 1. The number of rotatable bonds is 3. The van der Waals surface area contributed by atoms with E-state index in [2.05, 4.69) is 51.6 Å².